The van der Waals surface area contributed by atoms with Gasteiger partial charge >= 0.3 is 0 Å². The fourth-order valence-electron chi connectivity index (χ4n) is 1.81. The number of ether oxygens (including phenoxy) is 2. The van der Waals surface area contributed by atoms with Crippen molar-refractivity contribution in [3.8, 4) is 0 Å². The maximum atomic E-state index is 11.5. The molecule has 5 nitrogen and oxygen atoms in total. The van der Waals surface area contributed by atoms with Crippen LogP contribution in [0, 0.1) is 0 Å². The van der Waals surface area contributed by atoms with Gasteiger partial charge in [-0.2, -0.15) is 0 Å². The van der Waals surface area contributed by atoms with Crippen molar-refractivity contribution in [1.82, 2.24) is 0 Å². The van der Waals surface area contributed by atoms with E-state index < -0.39 is 10.0 Å². The summed E-state index contributed by atoms with van der Waals surface area (Å²) >= 11 is 0. The van der Waals surface area contributed by atoms with Crippen LogP contribution in [0.15, 0.2) is 23.1 Å². The zero-order valence-electron chi connectivity index (χ0n) is 10.7. The van der Waals surface area contributed by atoms with Gasteiger partial charge in [-0.15, -0.1) is 0 Å². The van der Waals surface area contributed by atoms with Crippen molar-refractivity contribution in [3.05, 3.63) is 29.3 Å². The zero-order valence-corrected chi connectivity index (χ0v) is 11.5. The van der Waals surface area contributed by atoms with E-state index >= 15 is 0 Å². The molecule has 0 saturated heterocycles. The minimum absolute atomic E-state index is 0.174. The monoisotopic (exact) mass is 273 g/mol. The molecule has 0 aliphatic rings. The molecule has 0 atom stereocenters. The lowest BCUT2D eigenvalue weighted by Crippen LogP contribution is -2.17. The third-order valence-electron chi connectivity index (χ3n) is 2.67. The smallest absolute Gasteiger partial charge is 0.238 e. The lowest BCUT2D eigenvalue weighted by Gasteiger charge is -2.13. The van der Waals surface area contributed by atoms with Gasteiger partial charge in [0, 0.05) is 14.2 Å². The SMILES string of the molecule is COCCc1cccc(S(N)(=O)=O)c1CCOC. The molecule has 18 heavy (non-hydrogen) atoms. The van der Waals surface area contributed by atoms with Crippen LogP contribution in [-0.4, -0.2) is 35.9 Å². The van der Waals surface area contributed by atoms with E-state index in [4.69, 9.17) is 14.6 Å². The summed E-state index contributed by atoms with van der Waals surface area (Å²) in [7, 11) is -0.521. The molecule has 1 aromatic rings. The number of methoxy groups -OCH3 is 2. The minimum atomic E-state index is -3.71. The van der Waals surface area contributed by atoms with Crippen LogP contribution in [0.3, 0.4) is 0 Å². The quantitative estimate of drug-likeness (QED) is 0.793. The Morgan fingerprint density at radius 1 is 1.11 bits per heavy atom. The Balaban J connectivity index is 3.17. The molecule has 0 heterocycles. The van der Waals surface area contributed by atoms with Crippen LogP contribution < -0.4 is 5.14 Å². The second-order valence-electron chi connectivity index (χ2n) is 3.92. The summed E-state index contributed by atoms with van der Waals surface area (Å²) < 4.78 is 33.1. The number of sulfonamides is 1. The Bertz CT molecular complexity index is 485. The molecule has 0 aliphatic carbocycles. The van der Waals surface area contributed by atoms with E-state index in [1.807, 2.05) is 6.07 Å². The molecule has 0 amide bonds. The first-order chi connectivity index (χ1) is 8.50. The third-order valence-corrected chi connectivity index (χ3v) is 3.66. The van der Waals surface area contributed by atoms with Crippen LogP contribution in [-0.2, 0) is 32.3 Å². The largest absolute Gasteiger partial charge is 0.384 e. The molecule has 1 rings (SSSR count). The lowest BCUT2D eigenvalue weighted by atomic mass is 10.0. The summed E-state index contributed by atoms with van der Waals surface area (Å²) in [6, 6.07) is 5.11. The standard InChI is InChI=1S/C12H19NO4S/c1-16-8-6-10-4-3-5-12(18(13,14)15)11(10)7-9-17-2/h3-5H,6-9H2,1-2H3,(H2,13,14,15). The van der Waals surface area contributed by atoms with Crippen LogP contribution in [0.25, 0.3) is 0 Å². The summed E-state index contributed by atoms with van der Waals surface area (Å²) in [6.45, 7) is 0.987. The van der Waals surface area contributed by atoms with Gasteiger partial charge in [0.2, 0.25) is 10.0 Å². The van der Waals surface area contributed by atoms with Crippen molar-refractivity contribution in [2.45, 2.75) is 17.7 Å². The zero-order chi connectivity index (χ0) is 13.6. The molecule has 0 aromatic heterocycles. The molecule has 6 heteroatoms. The van der Waals surface area contributed by atoms with Gasteiger partial charge < -0.3 is 9.47 Å². The van der Waals surface area contributed by atoms with E-state index in [1.165, 1.54) is 6.07 Å². The van der Waals surface area contributed by atoms with E-state index in [0.717, 1.165) is 11.1 Å². The summed E-state index contributed by atoms with van der Waals surface area (Å²) in [5.74, 6) is 0. The molecule has 0 unspecified atom stereocenters. The molecule has 2 N–H and O–H groups in total. The molecule has 0 fully saturated rings. The van der Waals surface area contributed by atoms with Crippen molar-refractivity contribution in [1.29, 1.82) is 0 Å². The van der Waals surface area contributed by atoms with E-state index in [2.05, 4.69) is 0 Å². The lowest BCUT2D eigenvalue weighted by molar-refractivity contribution is 0.197. The number of benzene rings is 1. The van der Waals surface area contributed by atoms with Gasteiger partial charge in [0.15, 0.2) is 0 Å². The first-order valence-electron chi connectivity index (χ1n) is 5.62. The van der Waals surface area contributed by atoms with Gasteiger partial charge in [-0.25, -0.2) is 13.6 Å². The number of rotatable bonds is 7. The normalized spacial score (nSPS) is 11.7. The molecule has 0 saturated carbocycles. The van der Waals surface area contributed by atoms with Gasteiger partial charge in [0.1, 0.15) is 0 Å². The topological polar surface area (TPSA) is 78.6 Å². The van der Waals surface area contributed by atoms with Gasteiger partial charge in [-0.05, 0) is 30.0 Å². The van der Waals surface area contributed by atoms with Gasteiger partial charge in [-0.1, -0.05) is 12.1 Å². The summed E-state index contributed by atoms with van der Waals surface area (Å²) in [5, 5.41) is 5.23. The van der Waals surface area contributed by atoms with Gasteiger partial charge in [0.25, 0.3) is 0 Å². The van der Waals surface area contributed by atoms with Crippen molar-refractivity contribution >= 4 is 10.0 Å². The molecule has 0 radical (unpaired) electrons. The van der Waals surface area contributed by atoms with Crippen molar-refractivity contribution in [3.63, 3.8) is 0 Å². The highest BCUT2D eigenvalue weighted by Crippen LogP contribution is 2.20. The average molecular weight is 273 g/mol. The predicted octanol–water partition coefficient (Wildman–Crippen LogP) is 0.712. The highest BCUT2D eigenvalue weighted by Gasteiger charge is 2.16. The molecule has 102 valence electrons. The average Bonchev–Trinajstić information content (AvgIpc) is 2.32. The predicted molar refractivity (Wildman–Crippen MR) is 69.0 cm³/mol. The van der Waals surface area contributed by atoms with Crippen LogP contribution >= 0.6 is 0 Å². The third kappa shape index (κ3) is 4.06. The summed E-state index contributed by atoms with van der Waals surface area (Å²) in [6.07, 6.45) is 1.17. The highest BCUT2D eigenvalue weighted by atomic mass is 32.2. The van der Waals surface area contributed by atoms with Crippen LogP contribution in [0.5, 0.6) is 0 Å². The second kappa shape index (κ2) is 6.84. The van der Waals surface area contributed by atoms with E-state index in [-0.39, 0.29) is 4.90 Å². The van der Waals surface area contributed by atoms with Gasteiger partial charge in [0.05, 0.1) is 18.1 Å². The Morgan fingerprint density at radius 3 is 2.28 bits per heavy atom. The summed E-state index contributed by atoms with van der Waals surface area (Å²) in [5.41, 5.74) is 1.65. The van der Waals surface area contributed by atoms with E-state index in [0.29, 0.717) is 26.1 Å². The molecule has 0 aliphatic heterocycles. The fourth-order valence-corrected chi connectivity index (χ4v) is 2.66. The Morgan fingerprint density at radius 2 is 1.72 bits per heavy atom. The number of hydrogen-bond acceptors (Lipinski definition) is 4. The van der Waals surface area contributed by atoms with Crippen LogP contribution in [0.2, 0.25) is 0 Å². The Labute approximate surface area is 108 Å². The van der Waals surface area contributed by atoms with Crippen LogP contribution in [0.1, 0.15) is 11.1 Å². The molecular weight excluding hydrogens is 254 g/mol. The first kappa shape index (κ1) is 15.1. The Hall–Kier alpha value is -0.950. The Kier molecular flexibility index (Phi) is 5.74. The van der Waals surface area contributed by atoms with Crippen molar-refractivity contribution in [2.75, 3.05) is 27.4 Å². The van der Waals surface area contributed by atoms with Gasteiger partial charge in [-0.3, -0.25) is 0 Å². The number of primary sulfonamides is 1. The summed E-state index contributed by atoms with van der Waals surface area (Å²) in [4.78, 5) is 0.174. The van der Waals surface area contributed by atoms with Crippen LogP contribution in [0.4, 0.5) is 0 Å². The second-order valence-corrected chi connectivity index (χ2v) is 5.45. The minimum Gasteiger partial charge on any atom is -0.384 e. The molecular formula is C12H19NO4S. The number of hydrogen-bond donors (Lipinski definition) is 1. The fraction of sp³-hybridized carbons (Fsp3) is 0.500. The number of nitrogens with two attached hydrogens (primary N) is 1. The first-order valence-corrected chi connectivity index (χ1v) is 7.16. The maximum absolute atomic E-state index is 11.5. The maximum Gasteiger partial charge on any atom is 0.238 e. The molecule has 1 aromatic carbocycles. The van der Waals surface area contributed by atoms with E-state index in [9.17, 15) is 8.42 Å². The molecule has 0 spiro atoms. The van der Waals surface area contributed by atoms with Crippen molar-refractivity contribution in [2.24, 2.45) is 5.14 Å². The van der Waals surface area contributed by atoms with Crippen molar-refractivity contribution < 1.29 is 17.9 Å². The highest BCUT2D eigenvalue weighted by molar-refractivity contribution is 7.89. The molecule has 0 bridgehead atoms. The van der Waals surface area contributed by atoms with E-state index in [1.54, 1.807) is 20.3 Å².